The van der Waals surface area contributed by atoms with Crippen LogP contribution in [0.3, 0.4) is 0 Å². The molecule has 2 aliphatic heterocycles. The molecule has 3 rings (SSSR count). The molecule has 0 aliphatic carbocycles. The average molecular weight is 304 g/mol. The molecule has 120 valence electrons. The highest BCUT2D eigenvalue weighted by molar-refractivity contribution is 5.93. The van der Waals surface area contributed by atoms with Gasteiger partial charge < -0.3 is 9.47 Å². The van der Waals surface area contributed by atoms with Crippen LogP contribution >= 0.6 is 0 Å². The van der Waals surface area contributed by atoms with Crippen molar-refractivity contribution in [3.63, 3.8) is 0 Å². The Labute approximate surface area is 132 Å². The van der Waals surface area contributed by atoms with Crippen molar-refractivity contribution in [2.75, 3.05) is 13.2 Å². The zero-order valence-electron chi connectivity index (χ0n) is 13.3. The molecule has 4 nitrogen and oxygen atoms in total. The van der Waals surface area contributed by atoms with Gasteiger partial charge >= 0.3 is 11.9 Å². The van der Waals surface area contributed by atoms with Crippen LogP contribution in [0, 0.1) is 5.92 Å². The number of hydrogen-bond donors (Lipinski definition) is 0. The zero-order valence-corrected chi connectivity index (χ0v) is 13.3. The fourth-order valence-corrected chi connectivity index (χ4v) is 1.78. The first-order valence-electron chi connectivity index (χ1n) is 7.59. The Balaban J connectivity index is 0.000000346. The summed E-state index contributed by atoms with van der Waals surface area (Å²) in [7, 11) is 0. The van der Waals surface area contributed by atoms with Crippen LogP contribution in [-0.2, 0) is 9.47 Å². The summed E-state index contributed by atoms with van der Waals surface area (Å²) in [4.78, 5) is 23.0. The van der Waals surface area contributed by atoms with Crippen molar-refractivity contribution < 1.29 is 19.1 Å². The quantitative estimate of drug-likeness (QED) is 0.612. The molecule has 2 aliphatic rings. The number of carbonyl (C=O) groups is 2. The maximum Gasteiger partial charge on any atom is 0.338 e. The summed E-state index contributed by atoms with van der Waals surface area (Å²) in [6, 6.07) is 6.28. The second kappa shape index (κ2) is 9.77. The van der Waals surface area contributed by atoms with Crippen LogP contribution in [0.2, 0.25) is 0 Å². The van der Waals surface area contributed by atoms with Gasteiger partial charge in [0, 0.05) is 0 Å². The Kier molecular flexibility index (Phi) is 7.97. The van der Waals surface area contributed by atoms with E-state index in [-0.39, 0.29) is 11.9 Å². The molecule has 0 atom stereocenters. The number of hydrogen-bond acceptors (Lipinski definition) is 4. The molecule has 0 aromatic heterocycles. The predicted octanol–water partition coefficient (Wildman–Crippen LogP) is 4.01. The number of esters is 2. The molecular formula is C18H24O4. The van der Waals surface area contributed by atoms with Crippen molar-refractivity contribution in [3.05, 3.63) is 48.0 Å². The van der Waals surface area contributed by atoms with Gasteiger partial charge in [-0.1, -0.05) is 19.9 Å². The van der Waals surface area contributed by atoms with Crippen LogP contribution in [0.15, 0.2) is 36.9 Å². The number of ether oxygens (including phenoxy) is 2. The highest BCUT2D eigenvalue weighted by atomic mass is 16.5. The van der Waals surface area contributed by atoms with Gasteiger partial charge in [0.25, 0.3) is 0 Å². The lowest BCUT2D eigenvalue weighted by Crippen LogP contribution is -2.12. The molecule has 0 amide bonds. The van der Waals surface area contributed by atoms with Crippen LogP contribution in [0.1, 0.15) is 53.8 Å². The maximum atomic E-state index is 11.5. The molecule has 1 aromatic carbocycles. The topological polar surface area (TPSA) is 52.6 Å². The zero-order chi connectivity index (χ0) is 16.4. The molecule has 0 unspecified atom stereocenters. The van der Waals surface area contributed by atoms with Gasteiger partial charge in [0.05, 0.1) is 24.3 Å². The van der Waals surface area contributed by atoms with E-state index in [2.05, 4.69) is 20.4 Å². The van der Waals surface area contributed by atoms with E-state index in [4.69, 9.17) is 9.47 Å². The average Bonchev–Trinajstić information content (AvgIpc) is 2.49. The molecule has 0 N–H and O–H groups in total. The Morgan fingerprint density at radius 1 is 1.00 bits per heavy atom. The molecule has 0 saturated heterocycles. The van der Waals surface area contributed by atoms with Crippen molar-refractivity contribution in [2.45, 2.75) is 33.1 Å². The largest absolute Gasteiger partial charge is 0.462 e. The molecule has 0 spiro atoms. The minimum Gasteiger partial charge on any atom is -0.462 e. The van der Waals surface area contributed by atoms with E-state index < -0.39 is 0 Å². The first-order valence-corrected chi connectivity index (χ1v) is 7.59. The Hall–Kier alpha value is -2.10. The van der Waals surface area contributed by atoms with E-state index in [1.54, 1.807) is 24.3 Å². The van der Waals surface area contributed by atoms with E-state index in [1.807, 2.05) is 6.08 Å². The monoisotopic (exact) mass is 304 g/mol. The molecule has 0 saturated carbocycles. The fraction of sp³-hybridized carbons (Fsp3) is 0.444. The Morgan fingerprint density at radius 2 is 1.41 bits per heavy atom. The molecule has 2 heterocycles. The molecule has 0 radical (unpaired) electrons. The number of allylic oxidation sites excluding steroid dienone is 1. The number of fused-ring (bicyclic) bond motifs is 9. The minimum atomic E-state index is -0.347. The highest BCUT2D eigenvalue weighted by Gasteiger charge is 2.12. The molecular weight excluding hydrogens is 280 g/mol. The van der Waals surface area contributed by atoms with E-state index in [0.29, 0.717) is 37.2 Å². The lowest BCUT2D eigenvalue weighted by atomic mass is 10.1. The van der Waals surface area contributed by atoms with Crippen LogP contribution < -0.4 is 0 Å². The number of rotatable bonds is 2. The summed E-state index contributed by atoms with van der Waals surface area (Å²) in [5.41, 5.74) is 0.911. The predicted molar refractivity (Wildman–Crippen MR) is 85.9 cm³/mol. The summed E-state index contributed by atoms with van der Waals surface area (Å²) in [5.74, 6) is 0.0866. The Bertz CT molecular complexity index is 449. The van der Waals surface area contributed by atoms with Gasteiger partial charge in [0.15, 0.2) is 0 Å². The smallest absolute Gasteiger partial charge is 0.338 e. The molecule has 4 heteroatoms. The van der Waals surface area contributed by atoms with Crippen molar-refractivity contribution in [1.29, 1.82) is 0 Å². The van der Waals surface area contributed by atoms with Crippen LogP contribution in [-0.4, -0.2) is 25.2 Å². The molecule has 1 aromatic rings. The molecule has 0 fully saturated rings. The van der Waals surface area contributed by atoms with E-state index in [9.17, 15) is 9.59 Å². The van der Waals surface area contributed by atoms with Gasteiger partial charge in [-0.05, 0) is 49.4 Å². The van der Waals surface area contributed by atoms with Crippen molar-refractivity contribution in [3.8, 4) is 0 Å². The van der Waals surface area contributed by atoms with Crippen molar-refractivity contribution in [1.82, 2.24) is 0 Å². The van der Waals surface area contributed by atoms with Gasteiger partial charge in [-0.25, -0.2) is 9.59 Å². The lowest BCUT2D eigenvalue weighted by Gasteiger charge is -2.09. The summed E-state index contributed by atoms with van der Waals surface area (Å²) in [6.45, 7) is 8.68. The van der Waals surface area contributed by atoms with Gasteiger partial charge in [0.1, 0.15) is 0 Å². The van der Waals surface area contributed by atoms with Crippen LogP contribution in [0.4, 0.5) is 0 Å². The Morgan fingerprint density at radius 3 is 1.68 bits per heavy atom. The SMILES string of the molecule is C=CCC(C)C.O=C1OCCCCOC(=O)c2ccc1cc2. The molecule has 2 bridgehead atoms. The molecule has 22 heavy (non-hydrogen) atoms. The third kappa shape index (κ3) is 6.57. The maximum absolute atomic E-state index is 11.5. The summed E-state index contributed by atoms with van der Waals surface area (Å²) in [6.07, 6.45) is 4.49. The van der Waals surface area contributed by atoms with Crippen molar-refractivity contribution >= 4 is 11.9 Å². The first-order chi connectivity index (χ1) is 10.5. The normalized spacial score (nSPS) is 14.9. The number of benzene rings is 1. The van der Waals surface area contributed by atoms with Gasteiger partial charge in [-0.15, -0.1) is 6.58 Å². The third-order valence-corrected chi connectivity index (χ3v) is 3.00. The minimum absolute atomic E-state index is 0.347. The lowest BCUT2D eigenvalue weighted by molar-refractivity contribution is 0.0427. The van der Waals surface area contributed by atoms with Gasteiger partial charge in [-0.2, -0.15) is 0 Å². The number of carbonyl (C=O) groups excluding carboxylic acids is 2. The summed E-state index contributed by atoms with van der Waals surface area (Å²) < 4.78 is 10.1. The van der Waals surface area contributed by atoms with Crippen LogP contribution in [0.5, 0.6) is 0 Å². The second-order valence-corrected chi connectivity index (χ2v) is 5.47. The first kappa shape index (κ1) is 18.0. The fourth-order valence-electron chi connectivity index (χ4n) is 1.78. The van der Waals surface area contributed by atoms with E-state index in [0.717, 1.165) is 12.3 Å². The van der Waals surface area contributed by atoms with Gasteiger partial charge in [-0.3, -0.25) is 0 Å². The van der Waals surface area contributed by atoms with Gasteiger partial charge in [0.2, 0.25) is 0 Å². The van der Waals surface area contributed by atoms with E-state index >= 15 is 0 Å². The van der Waals surface area contributed by atoms with Crippen molar-refractivity contribution in [2.24, 2.45) is 5.92 Å². The standard InChI is InChI=1S/C12H12O4.C6H12/c13-11-9-3-5-10(6-4-9)12(14)16-8-2-1-7-15-11;1-4-5-6(2)3/h3-6H,1-2,7-8H2;4,6H,1,5H2,2-3H3. The summed E-state index contributed by atoms with van der Waals surface area (Å²) >= 11 is 0. The third-order valence-electron chi connectivity index (χ3n) is 3.00. The highest BCUT2D eigenvalue weighted by Crippen LogP contribution is 2.09. The summed E-state index contributed by atoms with van der Waals surface area (Å²) in [5, 5.41) is 0. The van der Waals surface area contributed by atoms with E-state index in [1.165, 1.54) is 0 Å². The second-order valence-electron chi connectivity index (χ2n) is 5.47. The van der Waals surface area contributed by atoms with Crippen LogP contribution in [0.25, 0.3) is 0 Å².